The van der Waals surface area contributed by atoms with E-state index in [1.807, 2.05) is 19.1 Å². The third-order valence-electron chi connectivity index (χ3n) is 1.40. The maximum atomic E-state index is 3.70. The lowest BCUT2D eigenvalue weighted by Gasteiger charge is -2.04. The van der Waals surface area contributed by atoms with Gasteiger partial charge in [-0.2, -0.15) is 0 Å². The molecule has 0 aliphatic rings. The summed E-state index contributed by atoms with van der Waals surface area (Å²) in [5.41, 5.74) is 0. The van der Waals surface area contributed by atoms with Crippen molar-refractivity contribution in [1.82, 2.24) is 0 Å². The minimum absolute atomic E-state index is 0.611. The highest BCUT2D eigenvalue weighted by atomic mass is 14.0. The average molecular weight is 136 g/mol. The Morgan fingerprint density at radius 1 is 1.20 bits per heavy atom. The molecule has 0 nitrogen and oxygen atoms in total. The zero-order valence-electron chi connectivity index (χ0n) is 6.72. The number of hydrogen-bond donors (Lipinski definition) is 0. The van der Waals surface area contributed by atoms with E-state index in [1.165, 1.54) is 0 Å². The van der Waals surface area contributed by atoms with E-state index in [9.17, 15) is 0 Å². The molecule has 0 unspecified atom stereocenters. The standard InChI is InChI=1S/C10H16/c1-4-7-10(8-5-2)9-6-3/h4-6,9-10H,1-2,7-8H2,3H3. The Morgan fingerprint density at radius 3 is 2.00 bits per heavy atom. The number of rotatable bonds is 5. The SMILES string of the molecule is C=CCC(C=CC)CC=C. The highest BCUT2D eigenvalue weighted by Gasteiger charge is 1.96. The van der Waals surface area contributed by atoms with E-state index in [1.54, 1.807) is 0 Å². The first kappa shape index (κ1) is 9.22. The minimum Gasteiger partial charge on any atom is -0.103 e. The molecule has 0 rings (SSSR count). The molecule has 0 spiro atoms. The largest absolute Gasteiger partial charge is 0.103 e. The first-order chi connectivity index (χ1) is 4.85. The van der Waals surface area contributed by atoms with Gasteiger partial charge in [-0.25, -0.2) is 0 Å². The lowest BCUT2D eigenvalue weighted by molar-refractivity contribution is 0.676. The third kappa shape index (κ3) is 4.13. The molecule has 0 aromatic rings. The second kappa shape index (κ2) is 6.34. The summed E-state index contributed by atoms with van der Waals surface area (Å²) in [5, 5.41) is 0. The number of allylic oxidation sites excluding steroid dienone is 4. The number of hydrogen-bond acceptors (Lipinski definition) is 0. The lowest BCUT2D eigenvalue weighted by Crippen LogP contribution is -1.91. The van der Waals surface area contributed by atoms with Crippen molar-refractivity contribution in [3.8, 4) is 0 Å². The molecule has 0 saturated carbocycles. The van der Waals surface area contributed by atoms with Crippen LogP contribution in [0.25, 0.3) is 0 Å². The van der Waals surface area contributed by atoms with Crippen molar-refractivity contribution in [1.29, 1.82) is 0 Å². The molecular weight excluding hydrogens is 120 g/mol. The topological polar surface area (TPSA) is 0 Å². The molecule has 0 aromatic heterocycles. The molecule has 0 radical (unpaired) electrons. The van der Waals surface area contributed by atoms with Gasteiger partial charge in [0.1, 0.15) is 0 Å². The average Bonchev–Trinajstić information content (AvgIpc) is 1.90. The molecule has 0 atom stereocenters. The van der Waals surface area contributed by atoms with Crippen LogP contribution in [0.4, 0.5) is 0 Å². The van der Waals surface area contributed by atoms with Gasteiger partial charge in [0.2, 0.25) is 0 Å². The van der Waals surface area contributed by atoms with Crippen LogP contribution in [0.3, 0.4) is 0 Å². The summed E-state index contributed by atoms with van der Waals surface area (Å²) in [6, 6.07) is 0. The van der Waals surface area contributed by atoms with E-state index in [-0.39, 0.29) is 0 Å². The summed E-state index contributed by atoms with van der Waals surface area (Å²) in [7, 11) is 0. The van der Waals surface area contributed by atoms with E-state index >= 15 is 0 Å². The van der Waals surface area contributed by atoms with E-state index in [0.29, 0.717) is 5.92 Å². The maximum Gasteiger partial charge on any atom is -0.0165 e. The molecule has 0 bridgehead atoms. The van der Waals surface area contributed by atoms with Crippen LogP contribution in [-0.4, -0.2) is 0 Å². The van der Waals surface area contributed by atoms with E-state index in [2.05, 4.69) is 25.3 Å². The Balaban J connectivity index is 3.70. The molecule has 10 heavy (non-hydrogen) atoms. The van der Waals surface area contributed by atoms with Crippen LogP contribution in [0.1, 0.15) is 19.8 Å². The van der Waals surface area contributed by atoms with Crippen molar-refractivity contribution in [2.75, 3.05) is 0 Å². The fraction of sp³-hybridized carbons (Fsp3) is 0.400. The molecule has 56 valence electrons. The fourth-order valence-corrected chi connectivity index (χ4v) is 0.954. The molecule has 0 amide bonds. The predicted molar refractivity (Wildman–Crippen MR) is 47.9 cm³/mol. The molecule has 0 N–H and O–H groups in total. The van der Waals surface area contributed by atoms with Gasteiger partial charge in [0.05, 0.1) is 0 Å². The fourth-order valence-electron chi connectivity index (χ4n) is 0.954. The monoisotopic (exact) mass is 136 g/mol. The molecule has 0 aliphatic carbocycles. The van der Waals surface area contributed by atoms with Gasteiger partial charge in [-0.3, -0.25) is 0 Å². The first-order valence-corrected chi connectivity index (χ1v) is 3.69. The van der Waals surface area contributed by atoms with Crippen LogP contribution in [0.15, 0.2) is 37.5 Å². The molecule has 0 fully saturated rings. The van der Waals surface area contributed by atoms with E-state index in [0.717, 1.165) is 12.8 Å². The third-order valence-corrected chi connectivity index (χ3v) is 1.40. The maximum absolute atomic E-state index is 3.70. The van der Waals surface area contributed by atoms with Gasteiger partial charge >= 0.3 is 0 Å². The van der Waals surface area contributed by atoms with Crippen molar-refractivity contribution < 1.29 is 0 Å². The zero-order chi connectivity index (χ0) is 7.82. The van der Waals surface area contributed by atoms with Crippen LogP contribution in [0, 0.1) is 5.92 Å². The zero-order valence-corrected chi connectivity index (χ0v) is 6.72. The summed E-state index contributed by atoms with van der Waals surface area (Å²) in [6.07, 6.45) is 10.3. The quantitative estimate of drug-likeness (QED) is 0.508. The van der Waals surface area contributed by atoms with Gasteiger partial charge in [0.15, 0.2) is 0 Å². The molecule has 0 aromatic carbocycles. The van der Waals surface area contributed by atoms with Crippen molar-refractivity contribution in [3.63, 3.8) is 0 Å². The van der Waals surface area contributed by atoms with Crippen molar-refractivity contribution in [3.05, 3.63) is 37.5 Å². The molecule has 0 saturated heterocycles. The van der Waals surface area contributed by atoms with Crippen LogP contribution in [0.5, 0.6) is 0 Å². The summed E-state index contributed by atoms with van der Waals surface area (Å²) in [6.45, 7) is 9.43. The molecule has 0 heterocycles. The molecule has 0 heteroatoms. The van der Waals surface area contributed by atoms with Gasteiger partial charge in [0, 0.05) is 0 Å². The van der Waals surface area contributed by atoms with Gasteiger partial charge in [-0.1, -0.05) is 24.3 Å². The first-order valence-electron chi connectivity index (χ1n) is 3.69. The summed E-state index contributed by atoms with van der Waals surface area (Å²) < 4.78 is 0. The van der Waals surface area contributed by atoms with Crippen LogP contribution in [-0.2, 0) is 0 Å². The highest BCUT2D eigenvalue weighted by Crippen LogP contribution is 2.10. The Kier molecular flexibility index (Phi) is 5.85. The van der Waals surface area contributed by atoms with Crippen LogP contribution in [0.2, 0.25) is 0 Å². The summed E-state index contributed by atoms with van der Waals surface area (Å²) in [4.78, 5) is 0. The van der Waals surface area contributed by atoms with Crippen molar-refractivity contribution >= 4 is 0 Å². The second-order valence-corrected chi connectivity index (χ2v) is 2.33. The Labute approximate surface area is 64.0 Å². The Morgan fingerprint density at radius 2 is 1.70 bits per heavy atom. The normalized spacial score (nSPS) is 10.6. The van der Waals surface area contributed by atoms with Crippen LogP contribution >= 0.6 is 0 Å². The summed E-state index contributed by atoms with van der Waals surface area (Å²) >= 11 is 0. The molecule has 0 aliphatic heterocycles. The van der Waals surface area contributed by atoms with Gasteiger partial charge in [0.25, 0.3) is 0 Å². The lowest BCUT2D eigenvalue weighted by atomic mass is 10.0. The minimum atomic E-state index is 0.611. The smallest absolute Gasteiger partial charge is 0.0165 e. The highest BCUT2D eigenvalue weighted by molar-refractivity contribution is 4.92. The van der Waals surface area contributed by atoms with E-state index < -0.39 is 0 Å². The van der Waals surface area contributed by atoms with Crippen molar-refractivity contribution in [2.45, 2.75) is 19.8 Å². The molecular formula is C10H16. The van der Waals surface area contributed by atoms with Gasteiger partial charge < -0.3 is 0 Å². The second-order valence-electron chi connectivity index (χ2n) is 2.33. The van der Waals surface area contributed by atoms with Gasteiger partial charge in [-0.15, -0.1) is 13.2 Å². The van der Waals surface area contributed by atoms with Crippen LogP contribution < -0.4 is 0 Å². The van der Waals surface area contributed by atoms with Crippen molar-refractivity contribution in [2.24, 2.45) is 5.92 Å². The Hall–Kier alpha value is -0.780. The predicted octanol–water partition coefficient (Wildman–Crippen LogP) is 3.33. The van der Waals surface area contributed by atoms with Gasteiger partial charge in [-0.05, 0) is 25.7 Å². The Bertz CT molecular complexity index is 110. The van der Waals surface area contributed by atoms with E-state index in [4.69, 9.17) is 0 Å². The summed E-state index contributed by atoms with van der Waals surface area (Å²) in [5.74, 6) is 0.611.